The molecule has 3 unspecified atom stereocenters. The van der Waals surface area contributed by atoms with Crippen LogP contribution in [0.2, 0.25) is 0 Å². The van der Waals surface area contributed by atoms with Gasteiger partial charge in [0.15, 0.2) is 11.5 Å². The minimum atomic E-state index is -0.714. The molecular weight excluding hydrogens is 294 g/mol. The average Bonchev–Trinajstić information content (AvgIpc) is 2.86. The van der Waals surface area contributed by atoms with Crippen LogP contribution >= 0.6 is 0 Å². The average molecular weight is 317 g/mol. The van der Waals surface area contributed by atoms with Gasteiger partial charge in [-0.25, -0.2) is 0 Å². The highest BCUT2D eigenvalue weighted by atomic mass is 16.5. The molecule has 23 heavy (non-hydrogen) atoms. The van der Waals surface area contributed by atoms with Crippen molar-refractivity contribution in [3.8, 4) is 11.5 Å². The molecule has 2 bridgehead atoms. The number of aliphatic hydroxyl groups excluding tert-OH is 2. The van der Waals surface area contributed by atoms with Crippen molar-refractivity contribution in [2.75, 3.05) is 20.7 Å². The van der Waals surface area contributed by atoms with Crippen LogP contribution < -0.4 is 9.47 Å². The lowest BCUT2D eigenvalue weighted by Gasteiger charge is -2.59. The van der Waals surface area contributed by atoms with Gasteiger partial charge in [0.2, 0.25) is 0 Å². The fourth-order valence-electron chi connectivity index (χ4n) is 5.85. The van der Waals surface area contributed by atoms with Gasteiger partial charge in [-0.1, -0.05) is 6.07 Å². The van der Waals surface area contributed by atoms with Gasteiger partial charge in [0.25, 0.3) is 0 Å². The molecule has 1 saturated carbocycles. The number of likely N-dealkylation sites (N-methyl/N-ethyl adjacent to an activating group) is 1. The summed E-state index contributed by atoms with van der Waals surface area (Å²) in [6.45, 7) is 1.000. The monoisotopic (exact) mass is 317 g/mol. The number of nitrogens with zero attached hydrogens (tertiary/aromatic N) is 1. The Morgan fingerprint density at radius 2 is 2.17 bits per heavy atom. The van der Waals surface area contributed by atoms with E-state index >= 15 is 0 Å². The van der Waals surface area contributed by atoms with E-state index in [0.717, 1.165) is 30.9 Å². The van der Waals surface area contributed by atoms with E-state index in [0.29, 0.717) is 6.42 Å². The van der Waals surface area contributed by atoms with Crippen molar-refractivity contribution in [3.63, 3.8) is 0 Å². The highest BCUT2D eigenvalue weighted by Crippen LogP contribution is 2.63. The van der Waals surface area contributed by atoms with E-state index in [1.165, 1.54) is 11.1 Å². The Labute approximate surface area is 135 Å². The van der Waals surface area contributed by atoms with Crippen molar-refractivity contribution in [2.24, 2.45) is 5.92 Å². The highest BCUT2D eigenvalue weighted by Gasteiger charge is 2.67. The fraction of sp³-hybridized carbons (Fsp3) is 0.667. The second kappa shape index (κ2) is 4.41. The summed E-state index contributed by atoms with van der Waals surface area (Å²) in [6, 6.07) is 4.40. The summed E-state index contributed by atoms with van der Waals surface area (Å²) in [5.41, 5.74) is 2.40. The van der Waals surface area contributed by atoms with Crippen LogP contribution in [0.25, 0.3) is 0 Å². The zero-order valence-electron chi connectivity index (χ0n) is 13.5. The molecule has 2 fully saturated rings. The molecule has 2 heterocycles. The number of ether oxygens (including phenoxy) is 2. The first-order valence-corrected chi connectivity index (χ1v) is 8.51. The van der Waals surface area contributed by atoms with Crippen LogP contribution in [-0.2, 0) is 11.8 Å². The Bertz CT molecular complexity index is 677. The van der Waals surface area contributed by atoms with Gasteiger partial charge < -0.3 is 24.6 Å². The predicted molar refractivity (Wildman–Crippen MR) is 83.9 cm³/mol. The van der Waals surface area contributed by atoms with E-state index in [2.05, 4.69) is 18.0 Å². The number of likely N-dealkylation sites (tertiary alicyclic amines) is 1. The number of hydrogen-bond donors (Lipinski definition) is 2. The third-order valence-corrected chi connectivity index (χ3v) is 6.83. The molecule has 1 saturated heterocycles. The molecule has 5 rings (SSSR count). The smallest absolute Gasteiger partial charge is 0.165 e. The largest absolute Gasteiger partial charge is 0.493 e. The van der Waals surface area contributed by atoms with Crippen LogP contribution in [0.5, 0.6) is 11.5 Å². The summed E-state index contributed by atoms with van der Waals surface area (Å²) in [5.74, 6) is 1.65. The maximum Gasteiger partial charge on any atom is 0.165 e. The Morgan fingerprint density at radius 3 is 2.96 bits per heavy atom. The molecule has 1 spiro atoms. The first-order chi connectivity index (χ1) is 11.1. The van der Waals surface area contributed by atoms with Crippen LogP contribution in [0.3, 0.4) is 0 Å². The lowest BCUT2D eigenvalue weighted by atomic mass is 9.50. The summed E-state index contributed by atoms with van der Waals surface area (Å²) in [4.78, 5) is 2.35. The summed E-state index contributed by atoms with van der Waals surface area (Å²) < 4.78 is 11.9. The highest BCUT2D eigenvalue weighted by molar-refractivity contribution is 5.61. The van der Waals surface area contributed by atoms with Crippen molar-refractivity contribution >= 4 is 0 Å². The van der Waals surface area contributed by atoms with Gasteiger partial charge in [-0.05, 0) is 38.1 Å². The zero-order chi connectivity index (χ0) is 15.9. The summed E-state index contributed by atoms with van der Waals surface area (Å²) >= 11 is 0. The van der Waals surface area contributed by atoms with Gasteiger partial charge >= 0.3 is 0 Å². The molecule has 5 heteroatoms. The Hall–Kier alpha value is -1.30. The first kappa shape index (κ1) is 14.1. The van der Waals surface area contributed by atoms with Gasteiger partial charge in [-0.2, -0.15) is 0 Å². The molecule has 2 N–H and O–H groups in total. The van der Waals surface area contributed by atoms with Gasteiger partial charge in [-0.15, -0.1) is 0 Å². The predicted octanol–water partition coefficient (Wildman–Crippen LogP) is 0.696. The van der Waals surface area contributed by atoms with Gasteiger partial charge in [0.05, 0.1) is 19.3 Å². The first-order valence-electron chi connectivity index (χ1n) is 8.51. The molecule has 2 aliphatic heterocycles. The molecule has 0 aromatic heterocycles. The molecule has 2 aliphatic carbocycles. The molecule has 124 valence electrons. The third-order valence-electron chi connectivity index (χ3n) is 6.83. The maximum atomic E-state index is 10.8. The molecule has 1 aromatic rings. The van der Waals surface area contributed by atoms with Crippen molar-refractivity contribution < 1.29 is 19.7 Å². The molecule has 6 atom stereocenters. The second-order valence-corrected chi connectivity index (χ2v) is 7.60. The number of rotatable bonds is 1. The number of piperidine rings is 1. The minimum absolute atomic E-state index is 0.0239. The number of hydrogen-bond acceptors (Lipinski definition) is 5. The van der Waals surface area contributed by atoms with Crippen molar-refractivity contribution in [2.45, 2.75) is 49.0 Å². The van der Waals surface area contributed by atoms with E-state index in [4.69, 9.17) is 9.47 Å². The second-order valence-electron chi connectivity index (χ2n) is 7.60. The Morgan fingerprint density at radius 1 is 1.35 bits per heavy atom. The quantitative estimate of drug-likeness (QED) is 0.798. The van der Waals surface area contributed by atoms with Crippen molar-refractivity contribution in [1.29, 1.82) is 0 Å². The Kier molecular flexibility index (Phi) is 2.70. The van der Waals surface area contributed by atoms with Gasteiger partial charge in [0.1, 0.15) is 6.10 Å². The topological polar surface area (TPSA) is 62.2 Å². The standard InChI is InChI=1S/C18H23NO4/c1-19-6-5-18-13-8-11(20)16(21)15(18)10(19)7-9-3-4-12(22-2)17(23-13)14(9)18/h3-4,10-11,13,15-16,20-21H,5-8H2,1-2H3/t10-,11?,13?,15-,16?,18-/m1/s1. The van der Waals surface area contributed by atoms with Crippen LogP contribution in [-0.4, -0.2) is 60.2 Å². The fourth-order valence-corrected chi connectivity index (χ4v) is 5.85. The lowest BCUT2D eigenvalue weighted by molar-refractivity contribution is -0.155. The zero-order valence-corrected chi connectivity index (χ0v) is 13.5. The van der Waals surface area contributed by atoms with E-state index < -0.39 is 12.2 Å². The molecule has 5 nitrogen and oxygen atoms in total. The Balaban J connectivity index is 1.79. The normalized spacial score (nSPS) is 43.7. The van der Waals surface area contributed by atoms with E-state index in [-0.39, 0.29) is 23.5 Å². The third kappa shape index (κ3) is 1.49. The summed E-state index contributed by atoms with van der Waals surface area (Å²) in [6.07, 6.45) is 0.890. The molecule has 0 radical (unpaired) electrons. The van der Waals surface area contributed by atoms with Crippen LogP contribution in [0.1, 0.15) is 24.0 Å². The number of methoxy groups -OCH3 is 1. The molecule has 0 amide bonds. The molecule has 1 aromatic carbocycles. The van der Waals surface area contributed by atoms with Crippen molar-refractivity contribution in [3.05, 3.63) is 23.3 Å². The molecule has 4 aliphatic rings. The maximum absolute atomic E-state index is 10.8. The van der Waals surface area contributed by atoms with E-state index in [1.54, 1.807) is 7.11 Å². The van der Waals surface area contributed by atoms with Crippen molar-refractivity contribution in [1.82, 2.24) is 4.90 Å². The van der Waals surface area contributed by atoms with Crippen LogP contribution in [0, 0.1) is 5.92 Å². The van der Waals surface area contributed by atoms with Crippen LogP contribution in [0.4, 0.5) is 0 Å². The van der Waals surface area contributed by atoms with E-state index in [9.17, 15) is 10.2 Å². The summed E-state index contributed by atoms with van der Waals surface area (Å²) in [7, 11) is 3.80. The SMILES string of the molecule is COc1ccc2c3c1OC1CC(O)C(O)[C@H]4[C@@H](C2)N(C)CC[C@]314. The van der Waals surface area contributed by atoms with Gasteiger partial charge in [-0.3, -0.25) is 0 Å². The van der Waals surface area contributed by atoms with Crippen LogP contribution in [0.15, 0.2) is 12.1 Å². The van der Waals surface area contributed by atoms with Gasteiger partial charge in [0, 0.05) is 29.4 Å². The molecular formula is C18H23NO4. The van der Waals surface area contributed by atoms with E-state index in [1.807, 2.05) is 6.07 Å². The lowest BCUT2D eigenvalue weighted by Crippen LogP contribution is -2.69. The number of benzene rings is 1. The number of aliphatic hydroxyl groups is 2. The minimum Gasteiger partial charge on any atom is -0.493 e. The summed E-state index contributed by atoms with van der Waals surface area (Å²) in [5, 5.41) is 21.2.